The van der Waals surface area contributed by atoms with Gasteiger partial charge in [-0.25, -0.2) is 4.68 Å². The zero-order valence-electron chi connectivity index (χ0n) is 9.14. The first-order valence-corrected chi connectivity index (χ1v) is 5.40. The van der Waals surface area contributed by atoms with Gasteiger partial charge in [-0.15, -0.1) is 16.7 Å². The van der Waals surface area contributed by atoms with Crippen LogP contribution in [0, 0.1) is 6.92 Å². The van der Waals surface area contributed by atoms with Crippen molar-refractivity contribution in [1.82, 2.24) is 15.0 Å². The van der Waals surface area contributed by atoms with E-state index in [1.165, 1.54) is 0 Å². The molecule has 1 heterocycles. The summed E-state index contributed by atoms with van der Waals surface area (Å²) in [5, 5.41) is 7.95. The van der Waals surface area contributed by atoms with Crippen LogP contribution < -0.4 is 4.74 Å². The van der Waals surface area contributed by atoms with Crippen LogP contribution in [0.3, 0.4) is 0 Å². The van der Waals surface area contributed by atoms with Gasteiger partial charge >= 0.3 is 0 Å². The zero-order valence-corrected chi connectivity index (χ0v) is 9.90. The molecule has 0 aliphatic rings. The van der Waals surface area contributed by atoms with Crippen molar-refractivity contribution in [2.75, 3.05) is 7.11 Å². The summed E-state index contributed by atoms with van der Waals surface area (Å²) in [7, 11) is 1.63. The Morgan fingerprint density at radius 3 is 2.88 bits per heavy atom. The molecule has 0 N–H and O–H groups in total. The Bertz CT molecular complexity index is 496. The first kappa shape index (κ1) is 11.0. The minimum atomic E-state index is 0.355. The molecule has 0 atom stereocenters. The molecule has 0 saturated heterocycles. The second-order valence-corrected chi connectivity index (χ2v) is 3.73. The average molecular weight is 238 g/mol. The standard InChI is InChI=1S/C11H12ClN3O/c1-8-3-4-11(16-2)10(5-8)15-7-9(6-12)13-14-15/h3-5,7H,6H2,1-2H3. The molecule has 0 amide bonds. The highest BCUT2D eigenvalue weighted by atomic mass is 35.5. The first-order valence-electron chi connectivity index (χ1n) is 4.87. The van der Waals surface area contributed by atoms with Gasteiger partial charge in [-0.05, 0) is 24.6 Å². The monoisotopic (exact) mass is 237 g/mol. The third-order valence-electron chi connectivity index (χ3n) is 2.26. The molecule has 1 aromatic carbocycles. The topological polar surface area (TPSA) is 39.9 Å². The summed E-state index contributed by atoms with van der Waals surface area (Å²) in [6.45, 7) is 2.02. The van der Waals surface area contributed by atoms with Gasteiger partial charge in [0.1, 0.15) is 11.4 Å². The molecule has 0 unspecified atom stereocenters. The number of hydrogen-bond acceptors (Lipinski definition) is 3. The van der Waals surface area contributed by atoms with Crippen LogP contribution in [0.25, 0.3) is 5.69 Å². The van der Waals surface area contributed by atoms with Crippen LogP contribution in [0.2, 0.25) is 0 Å². The number of aryl methyl sites for hydroxylation is 1. The molecule has 0 saturated carbocycles. The van der Waals surface area contributed by atoms with Crippen molar-refractivity contribution in [1.29, 1.82) is 0 Å². The molecular formula is C11H12ClN3O. The van der Waals surface area contributed by atoms with Crippen molar-refractivity contribution in [2.45, 2.75) is 12.8 Å². The van der Waals surface area contributed by atoms with Crippen molar-refractivity contribution in [3.63, 3.8) is 0 Å². The molecule has 5 heteroatoms. The summed E-state index contributed by atoms with van der Waals surface area (Å²) in [6, 6.07) is 5.89. The highest BCUT2D eigenvalue weighted by Crippen LogP contribution is 2.23. The second-order valence-electron chi connectivity index (χ2n) is 3.46. The quantitative estimate of drug-likeness (QED) is 0.770. The second kappa shape index (κ2) is 4.53. The minimum Gasteiger partial charge on any atom is -0.494 e. The van der Waals surface area contributed by atoms with E-state index in [2.05, 4.69) is 10.3 Å². The van der Waals surface area contributed by atoms with Crippen molar-refractivity contribution < 1.29 is 4.74 Å². The summed E-state index contributed by atoms with van der Waals surface area (Å²) in [6.07, 6.45) is 1.80. The molecule has 2 rings (SSSR count). The van der Waals surface area contributed by atoms with Crippen LogP contribution in [0.5, 0.6) is 5.75 Å². The van der Waals surface area contributed by atoms with Gasteiger partial charge < -0.3 is 4.74 Å². The van der Waals surface area contributed by atoms with E-state index in [4.69, 9.17) is 16.3 Å². The Labute approximate surface area is 98.8 Å². The van der Waals surface area contributed by atoms with Crippen LogP contribution >= 0.6 is 11.6 Å². The molecule has 0 fully saturated rings. The molecule has 0 aliphatic heterocycles. The van der Waals surface area contributed by atoms with E-state index in [-0.39, 0.29) is 0 Å². The van der Waals surface area contributed by atoms with E-state index in [0.29, 0.717) is 5.88 Å². The van der Waals surface area contributed by atoms with E-state index in [9.17, 15) is 0 Å². The van der Waals surface area contributed by atoms with Gasteiger partial charge in [-0.3, -0.25) is 0 Å². The van der Waals surface area contributed by atoms with Gasteiger partial charge in [0.25, 0.3) is 0 Å². The Morgan fingerprint density at radius 2 is 2.25 bits per heavy atom. The molecule has 0 spiro atoms. The Kier molecular flexibility index (Phi) is 3.10. The van der Waals surface area contributed by atoms with Crippen LogP contribution in [-0.4, -0.2) is 22.1 Å². The minimum absolute atomic E-state index is 0.355. The zero-order chi connectivity index (χ0) is 11.5. The Morgan fingerprint density at radius 1 is 1.44 bits per heavy atom. The lowest BCUT2D eigenvalue weighted by Crippen LogP contribution is -1.99. The summed E-state index contributed by atoms with van der Waals surface area (Å²) in [4.78, 5) is 0. The number of rotatable bonds is 3. The lowest BCUT2D eigenvalue weighted by atomic mass is 10.2. The fraction of sp³-hybridized carbons (Fsp3) is 0.273. The number of hydrogen-bond donors (Lipinski definition) is 0. The highest BCUT2D eigenvalue weighted by Gasteiger charge is 2.07. The van der Waals surface area contributed by atoms with Crippen molar-refractivity contribution in [3.05, 3.63) is 35.7 Å². The van der Waals surface area contributed by atoms with Gasteiger partial charge in [-0.2, -0.15) is 0 Å². The lowest BCUT2D eigenvalue weighted by molar-refractivity contribution is 0.411. The van der Waals surface area contributed by atoms with E-state index in [1.54, 1.807) is 18.0 Å². The molecule has 0 bridgehead atoms. The summed E-state index contributed by atoms with van der Waals surface area (Å²) >= 11 is 5.69. The third kappa shape index (κ3) is 2.02. The molecular weight excluding hydrogens is 226 g/mol. The maximum absolute atomic E-state index is 5.69. The molecule has 1 aromatic heterocycles. The number of nitrogens with zero attached hydrogens (tertiary/aromatic N) is 3. The number of aromatic nitrogens is 3. The largest absolute Gasteiger partial charge is 0.494 e. The third-order valence-corrected chi connectivity index (χ3v) is 2.53. The highest BCUT2D eigenvalue weighted by molar-refractivity contribution is 6.16. The predicted molar refractivity (Wildman–Crippen MR) is 62.2 cm³/mol. The summed E-state index contributed by atoms with van der Waals surface area (Å²) in [5.41, 5.74) is 2.75. The van der Waals surface area contributed by atoms with Crippen LogP contribution in [0.4, 0.5) is 0 Å². The van der Waals surface area contributed by atoms with E-state index >= 15 is 0 Å². The SMILES string of the molecule is COc1ccc(C)cc1-n1cc(CCl)nn1. The lowest BCUT2D eigenvalue weighted by Gasteiger charge is -2.08. The van der Waals surface area contributed by atoms with Crippen LogP contribution in [-0.2, 0) is 5.88 Å². The smallest absolute Gasteiger partial charge is 0.144 e. The predicted octanol–water partition coefficient (Wildman–Crippen LogP) is 2.32. The van der Waals surface area contributed by atoms with Crippen LogP contribution in [0.15, 0.2) is 24.4 Å². The fourth-order valence-electron chi connectivity index (χ4n) is 1.46. The molecule has 84 valence electrons. The molecule has 4 nitrogen and oxygen atoms in total. The Hall–Kier alpha value is -1.55. The van der Waals surface area contributed by atoms with Gasteiger partial charge in [0.15, 0.2) is 0 Å². The number of alkyl halides is 1. The molecule has 0 aliphatic carbocycles. The molecule has 2 aromatic rings. The maximum atomic E-state index is 5.69. The van der Waals surface area contributed by atoms with Crippen molar-refractivity contribution in [2.24, 2.45) is 0 Å². The Balaban J connectivity index is 2.49. The first-order chi connectivity index (χ1) is 7.74. The van der Waals surface area contributed by atoms with Gasteiger partial charge in [-0.1, -0.05) is 11.3 Å². The van der Waals surface area contributed by atoms with Gasteiger partial charge in [0, 0.05) is 0 Å². The van der Waals surface area contributed by atoms with E-state index in [1.807, 2.05) is 25.1 Å². The van der Waals surface area contributed by atoms with E-state index < -0.39 is 0 Å². The molecule has 16 heavy (non-hydrogen) atoms. The van der Waals surface area contributed by atoms with Crippen molar-refractivity contribution >= 4 is 11.6 Å². The van der Waals surface area contributed by atoms with Crippen molar-refractivity contribution in [3.8, 4) is 11.4 Å². The normalized spacial score (nSPS) is 10.4. The number of methoxy groups -OCH3 is 1. The van der Waals surface area contributed by atoms with Gasteiger partial charge in [0.05, 0.1) is 24.9 Å². The number of benzene rings is 1. The number of halogens is 1. The van der Waals surface area contributed by atoms with E-state index in [0.717, 1.165) is 22.7 Å². The summed E-state index contributed by atoms with van der Waals surface area (Å²) < 4.78 is 6.95. The van der Waals surface area contributed by atoms with Gasteiger partial charge in [0.2, 0.25) is 0 Å². The summed E-state index contributed by atoms with van der Waals surface area (Å²) in [5.74, 6) is 1.12. The average Bonchev–Trinajstić information content (AvgIpc) is 2.77. The maximum Gasteiger partial charge on any atom is 0.144 e. The fourth-order valence-corrected chi connectivity index (χ4v) is 1.58. The number of ether oxygens (including phenoxy) is 1. The molecule has 0 radical (unpaired) electrons. The van der Waals surface area contributed by atoms with Crippen LogP contribution in [0.1, 0.15) is 11.3 Å².